The van der Waals surface area contributed by atoms with Crippen LogP contribution in [-0.4, -0.2) is 21.6 Å². The molecule has 0 N–H and O–H groups in total. The summed E-state index contributed by atoms with van der Waals surface area (Å²) >= 11 is 0. The topological polar surface area (TPSA) is 17.1 Å². The van der Waals surface area contributed by atoms with Crippen molar-refractivity contribution in [1.29, 1.82) is 0 Å². The molecule has 0 radical (unpaired) electrons. The van der Waals surface area contributed by atoms with Crippen molar-refractivity contribution in [2.24, 2.45) is 0 Å². The number of carbonyl (C=O) groups is 1. The number of carbonyl (C=O) groups excluding carboxylic acids is 1. The fraction of sp³-hybridized carbons (Fsp3) is 0.471. The Morgan fingerprint density at radius 3 is 1.95 bits per heavy atom. The first-order chi connectivity index (χ1) is 8.98. The van der Waals surface area contributed by atoms with Crippen LogP contribution in [0.3, 0.4) is 0 Å². The summed E-state index contributed by atoms with van der Waals surface area (Å²) in [6, 6.07) is 10.5. The molecule has 0 aliphatic carbocycles. The second-order valence-corrected chi connectivity index (χ2v) is 17.3. The van der Waals surface area contributed by atoms with Crippen molar-refractivity contribution < 1.29 is 4.79 Å². The Labute approximate surface area is 126 Å². The van der Waals surface area contributed by atoms with E-state index in [0.717, 1.165) is 0 Å². The zero-order valence-electron chi connectivity index (χ0n) is 13.9. The minimum absolute atomic E-state index is 0.104. The third-order valence-corrected chi connectivity index (χ3v) is 12.6. The number of benzene rings is 1. The quantitative estimate of drug-likeness (QED) is 0.598. The Morgan fingerprint density at radius 1 is 1.00 bits per heavy atom. The van der Waals surface area contributed by atoms with Gasteiger partial charge in [0.15, 0.2) is 0 Å². The first kappa shape index (κ1) is 17.1. The van der Waals surface area contributed by atoms with E-state index in [4.69, 9.17) is 0 Å². The molecule has 0 atom stereocenters. The molecular formula is C17H28OSi2. The summed E-state index contributed by atoms with van der Waals surface area (Å²) < 4.78 is 0. The van der Waals surface area contributed by atoms with E-state index in [1.165, 1.54) is 5.19 Å². The molecule has 1 nitrogen and oxygen atoms in total. The highest BCUT2D eigenvalue weighted by atomic mass is 28.3. The Balaban J connectivity index is 2.96. The van der Waals surface area contributed by atoms with E-state index < -0.39 is 16.1 Å². The van der Waals surface area contributed by atoms with Gasteiger partial charge in [0.2, 0.25) is 0 Å². The van der Waals surface area contributed by atoms with Gasteiger partial charge in [0.05, 0.1) is 0 Å². The second kappa shape index (κ2) is 5.82. The van der Waals surface area contributed by atoms with Gasteiger partial charge in [-0.3, -0.25) is 0 Å². The van der Waals surface area contributed by atoms with E-state index in [2.05, 4.69) is 76.9 Å². The van der Waals surface area contributed by atoms with Gasteiger partial charge in [-0.05, 0) is 11.1 Å². The van der Waals surface area contributed by atoms with Crippen LogP contribution >= 0.6 is 0 Å². The Bertz CT molecular complexity index is 493. The molecule has 0 unspecified atom stereocenters. The zero-order valence-corrected chi connectivity index (χ0v) is 15.9. The first-order valence-electron chi connectivity index (χ1n) is 7.28. The fourth-order valence-electron chi connectivity index (χ4n) is 1.83. The van der Waals surface area contributed by atoms with Crippen molar-refractivity contribution in [3.63, 3.8) is 0 Å². The predicted octanol–water partition coefficient (Wildman–Crippen LogP) is 4.31. The maximum absolute atomic E-state index is 12.6. The molecule has 1 rings (SSSR count). The molecular weight excluding hydrogens is 276 g/mol. The fourth-order valence-corrected chi connectivity index (χ4v) is 5.04. The molecule has 0 saturated heterocycles. The monoisotopic (exact) mass is 304 g/mol. The minimum atomic E-state index is -1.91. The first-order valence-corrected chi connectivity index (χ1v) is 13.4. The molecule has 1 aromatic rings. The molecule has 0 aliphatic rings. The van der Waals surface area contributed by atoms with Crippen LogP contribution in [-0.2, 0) is 4.79 Å². The van der Waals surface area contributed by atoms with Crippen molar-refractivity contribution in [1.82, 2.24) is 0 Å². The lowest BCUT2D eigenvalue weighted by molar-refractivity contribution is -0.108. The van der Waals surface area contributed by atoms with Crippen LogP contribution in [0, 0.1) is 0 Å². The molecule has 0 aliphatic heterocycles. The highest BCUT2D eigenvalue weighted by Gasteiger charge is 2.41. The second-order valence-electron chi connectivity index (χ2n) is 7.66. The van der Waals surface area contributed by atoms with Gasteiger partial charge < -0.3 is 4.79 Å². The molecule has 1 aromatic carbocycles. The molecule has 110 valence electrons. The summed E-state index contributed by atoms with van der Waals surface area (Å²) in [7, 11) is -3.57. The molecule has 0 fully saturated rings. The zero-order chi connectivity index (χ0) is 15.6. The van der Waals surface area contributed by atoms with E-state index in [0.29, 0.717) is 5.41 Å². The number of hydrogen-bond donors (Lipinski definition) is 0. The van der Waals surface area contributed by atoms with Gasteiger partial charge >= 0.3 is 0 Å². The highest BCUT2D eigenvalue weighted by Crippen LogP contribution is 2.36. The van der Waals surface area contributed by atoms with Crippen molar-refractivity contribution in [2.45, 2.75) is 52.0 Å². The maximum atomic E-state index is 12.6. The van der Waals surface area contributed by atoms with Crippen LogP contribution in [0.1, 0.15) is 20.8 Å². The average molecular weight is 305 g/mol. The third-order valence-electron chi connectivity index (χ3n) is 4.66. The van der Waals surface area contributed by atoms with E-state index in [9.17, 15) is 4.79 Å². The Kier molecular flexibility index (Phi) is 4.98. The molecule has 20 heavy (non-hydrogen) atoms. The average Bonchev–Trinajstić information content (AvgIpc) is 2.35. The van der Waals surface area contributed by atoms with E-state index in [1.807, 2.05) is 12.1 Å². The molecule has 0 bridgehead atoms. The molecule has 0 aromatic heterocycles. The van der Waals surface area contributed by atoms with E-state index in [1.54, 1.807) is 0 Å². The lowest BCUT2D eigenvalue weighted by atomic mass is 10.2. The van der Waals surface area contributed by atoms with Crippen molar-refractivity contribution >= 4 is 26.7 Å². The molecule has 0 amide bonds. The molecule has 3 heteroatoms. The van der Waals surface area contributed by atoms with Gasteiger partial charge in [0, 0.05) is 0 Å². The molecule has 0 spiro atoms. The Hall–Kier alpha value is -0.936. The van der Waals surface area contributed by atoms with E-state index in [-0.39, 0.29) is 5.04 Å². The van der Waals surface area contributed by atoms with Crippen LogP contribution in [0.4, 0.5) is 0 Å². The normalized spacial score (nSPS) is 13.8. The maximum Gasteiger partial charge on any atom is 0.137 e. The van der Waals surface area contributed by atoms with Crippen molar-refractivity contribution in [3.8, 4) is 0 Å². The van der Waals surface area contributed by atoms with Gasteiger partial charge in [-0.15, -0.1) is 0 Å². The molecule has 0 saturated carbocycles. The smallest absolute Gasteiger partial charge is 0.137 e. The summed E-state index contributed by atoms with van der Waals surface area (Å²) in [5, 5.41) is 1.84. The van der Waals surface area contributed by atoms with Gasteiger partial charge in [-0.25, -0.2) is 0 Å². The predicted molar refractivity (Wildman–Crippen MR) is 94.9 cm³/mol. The minimum Gasteiger partial charge on any atom is -0.301 e. The van der Waals surface area contributed by atoms with Crippen LogP contribution in [0.5, 0.6) is 0 Å². The SMILES string of the molecule is CC(C)(C)[Si](C)(C)C(=O)/C=C/[Si](C)(C)c1ccccc1. The van der Waals surface area contributed by atoms with Crippen molar-refractivity contribution in [3.05, 3.63) is 42.1 Å². The summed E-state index contributed by atoms with van der Waals surface area (Å²) in [6.07, 6.45) is 1.89. The number of hydrogen-bond acceptors (Lipinski definition) is 1. The van der Waals surface area contributed by atoms with Crippen LogP contribution < -0.4 is 5.19 Å². The van der Waals surface area contributed by atoms with Crippen LogP contribution in [0.25, 0.3) is 0 Å². The van der Waals surface area contributed by atoms with Crippen LogP contribution in [0.2, 0.25) is 31.2 Å². The summed E-state index contributed by atoms with van der Waals surface area (Å²) in [6.45, 7) is 15.5. The highest BCUT2D eigenvalue weighted by molar-refractivity contribution is 7.08. The van der Waals surface area contributed by atoms with Gasteiger partial charge in [0.25, 0.3) is 0 Å². The van der Waals surface area contributed by atoms with Crippen molar-refractivity contribution in [2.75, 3.05) is 0 Å². The largest absolute Gasteiger partial charge is 0.301 e. The van der Waals surface area contributed by atoms with Gasteiger partial charge in [-0.2, -0.15) is 0 Å². The standard InChI is InChI=1S/C17H28OSi2/c1-17(2,3)20(6,7)16(18)13-14-19(4,5)15-11-9-8-10-12-15/h8-14H,1-7H3/b14-13+. The number of rotatable bonds is 4. The molecule has 0 heterocycles. The van der Waals surface area contributed by atoms with Crippen LogP contribution in [0.15, 0.2) is 42.1 Å². The number of allylic oxidation sites excluding steroid dienone is 1. The summed E-state index contributed by atoms with van der Waals surface area (Å²) in [5.41, 5.74) is 2.20. The summed E-state index contributed by atoms with van der Waals surface area (Å²) in [5.74, 6) is 0. The Morgan fingerprint density at radius 2 is 1.50 bits per heavy atom. The van der Waals surface area contributed by atoms with Gasteiger partial charge in [-0.1, -0.05) is 88.2 Å². The third kappa shape index (κ3) is 3.79. The van der Waals surface area contributed by atoms with Gasteiger partial charge in [0.1, 0.15) is 21.6 Å². The lowest BCUT2D eigenvalue weighted by Crippen LogP contribution is -2.46. The summed E-state index contributed by atoms with van der Waals surface area (Å²) in [4.78, 5) is 12.6. The lowest BCUT2D eigenvalue weighted by Gasteiger charge is -2.34. The van der Waals surface area contributed by atoms with E-state index >= 15 is 0 Å².